The maximum absolute atomic E-state index is 16.9. The number of pyridine rings is 1. The van der Waals surface area contributed by atoms with E-state index in [4.69, 9.17) is 20.5 Å². The van der Waals surface area contributed by atoms with Gasteiger partial charge in [-0.2, -0.15) is 23.5 Å². The summed E-state index contributed by atoms with van der Waals surface area (Å²) in [6.07, 6.45) is 10.9. The second kappa shape index (κ2) is 12.1. The normalized spacial score (nSPS) is 21.9. The zero-order valence-electron chi connectivity index (χ0n) is 25.3. The molecule has 0 bridgehead atoms. The zero-order chi connectivity index (χ0) is 32.9. The van der Waals surface area contributed by atoms with Gasteiger partial charge in [0, 0.05) is 43.2 Å². The molecule has 3 aliphatic rings. The Kier molecular flexibility index (Phi) is 8.07. The molecule has 11 nitrogen and oxygen atoms in total. The number of nitrogens with two attached hydrogens (primary N) is 1. The van der Waals surface area contributed by atoms with E-state index in [0.29, 0.717) is 31.9 Å². The van der Waals surface area contributed by atoms with Crippen molar-refractivity contribution in [1.82, 2.24) is 25.3 Å². The van der Waals surface area contributed by atoms with Crippen LogP contribution in [0.1, 0.15) is 44.1 Å². The Morgan fingerprint density at radius 2 is 2.00 bits per heavy atom. The third-order valence-electron chi connectivity index (χ3n) is 9.14. The predicted octanol–water partition coefficient (Wildman–Crippen LogP) is 4.14. The van der Waals surface area contributed by atoms with Gasteiger partial charge in [-0.15, -0.1) is 6.42 Å². The van der Waals surface area contributed by atoms with Crippen LogP contribution in [0.4, 0.5) is 19.0 Å². The molecule has 0 radical (unpaired) electrons. The van der Waals surface area contributed by atoms with Crippen LogP contribution in [0.2, 0.25) is 0 Å². The van der Waals surface area contributed by atoms with E-state index in [1.165, 1.54) is 24.4 Å². The number of anilines is 1. The van der Waals surface area contributed by atoms with Gasteiger partial charge in [0.15, 0.2) is 11.6 Å². The molecule has 0 saturated carbocycles. The van der Waals surface area contributed by atoms with Gasteiger partial charge in [0.2, 0.25) is 0 Å². The molecule has 7 rings (SSSR count). The van der Waals surface area contributed by atoms with Gasteiger partial charge < -0.3 is 8.92 Å². The summed E-state index contributed by atoms with van der Waals surface area (Å²) in [4.78, 5) is 15.7. The number of hydrogen-bond acceptors (Lipinski definition) is 10. The van der Waals surface area contributed by atoms with Crippen LogP contribution in [0.15, 0.2) is 30.5 Å². The standard InChI is InChI=1S/C32H32F3N7O4S/c1-2-22-25(34)8-7-19-13-21(46-47(36,43)44)14-23(26(19)22)28-27(35)29-24(16-37-28)30(42-12-5-3-4-10-38-42)40-31(39-29)45-18-32-9-6-11-41(32)17-20(33)15-32/h1,7-8,13-14,16,20,38H,3-6,9-12,15,17-18H2,(H2,36,43,44)/t20-,32+/m1/s1. The lowest BCUT2D eigenvalue weighted by atomic mass is 9.95. The van der Waals surface area contributed by atoms with Crippen molar-refractivity contribution in [3.05, 3.63) is 47.7 Å². The quantitative estimate of drug-likeness (QED) is 0.277. The highest BCUT2D eigenvalue weighted by Crippen LogP contribution is 2.42. The maximum atomic E-state index is 16.9. The number of nitrogens with one attached hydrogen (secondary N) is 1. The highest BCUT2D eigenvalue weighted by molar-refractivity contribution is 7.84. The minimum atomic E-state index is -4.47. The molecule has 3 saturated heterocycles. The van der Waals surface area contributed by atoms with E-state index in [-0.39, 0.29) is 56.9 Å². The molecule has 5 heterocycles. The van der Waals surface area contributed by atoms with Crippen LogP contribution in [0.25, 0.3) is 32.9 Å². The maximum Gasteiger partial charge on any atom is 0.380 e. The summed E-state index contributed by atoms with van der Waals surface area (Å²) in [6.45, 7) is 2.51. The Morgan fingerprint density at radius 3 is 2.81 bits per heavy atom. The molecule has 246 valence electrons. The summed E-state index contributed by atoms with van der Waals surface area (Å²) in [5.41, 5.74) is 2.20. The van der Waals surface area contributed by atoms with E-state index in [9.17, 15) is 17.2 Å². The monoisotopic (exact) mass is 667 g/mol. The molecule has 3 fully saturated rings. The summed E-state index contributed by atoms with van der Waals surface area (Å²) >= 11 is 0. The number of rotatable bonds is 7. The third kappa shape index (κ3) is 5.91. The first kappa shape index (κ1) is 31.4. The lowest BCUT2D eigenvalue weighted by molar-refractivity contribution is 0.107. The molecule has 3 aliphatic heterocycles. The fourth-order valence-electron chi connectivity index (χ4n) is 7.10. The first-order chi connectivity index (χ1) is 22.5. The molecule has 4 aromatic rings. The van der Waals surface area contributed by atoms with Crippen molar-refractivity contribution in [3.8, 4) is 35.4 Å². The van der Waals surface area contributed by atoms with Gasteiger partial charge in [-0.05, 0) is 55.8 Å². The smallest absolute Gasteiger partial charge is 0.380 e. The molecule has 2 aromatic carbocycles. The Hall–Kier alpha value is -4.23. The van der Waals surface area contributed by atoms with Crippen molar-refractivity contribution in [2.75, 3.05) is 37.8 Å². The number of aromatic nitrogens is 3. The van der Waals surface area contributed by atoms with Crippen molar-refractivity contribution in [2.45, 2.75) is 50.2 Å². The highest BCUT2D eigenvalue weighted by Gasteiger charge is 2.49. The molecule has 0 aliphatic carbocycles. The molecule has 0 amide bonds. The number of ether oxygens (including phenoxy) is 1. The number of hydrazine groups is 1. The van der Waals surface area contributed by atoms with Crippen LogP contribution in [-0.4, -0.2) is 72.8 Å². The first-order valence-corrected chi connectivity index (χ1v) is 16.9. The summed E-state index contributed by atoms with van der Waals surface area (Å²) in [5.74, 6) is 0.760. The molecule has 2 atom stereocenters. The van der Waals surface area contributed by atoms with Crippen molar-refractivity contribution in [1.29, 1.82) is 0 Å². The van der Waals surface area contributed by atoms with Crippen LogP contribution in [0.5, 0.6) is 11.8 Å². The van der Waals surface area contributed by atoms with E-state index >= 15 is 4.39 Å². The number of alkyl halides is 1. The topological polar surface area (TPSA) is 136 Å². The number of terminal acetylenes is 1. The van der Waals surface area contributed by atoms with Crippen LogP contribution in [0.3, 0.4) is 0 Å². The molecule has 0 unspecified atom stereocenters. The van der Waals surface area contributed by atoms with Crippen molar-refractivity contribution < 1.29 is 30.5 Å². The lowest BCUT2D eigenvalue weighted by Gasteiger charge is -2.31. The molecule has 2 aromatic heterocycles. The molecular formula is C32H32F3N7O4S. The minimum absolute atomic E-state index is 0.0380. The van der Waals surface area contributed by atoms with Crippen LogP contribution < -0.4 is 24.5 Å². The molecule has 3 N–H and O–H groups in total. The second-order valence-electron chi connectivity index (χ2n) is 12.2. The average Bonchev–Trinajstić information content (AvgIpc) is 3.41. The fraction of sp³-hybridized carbons (Fsp3) is 0.406. The first-order valence-electron chi connectivity index (χ1n) is 15.4. The fourth-order valence-corrected chi connectivity index (χ4v) is 7.46. The van der Waals surface area contributed by atoms with Crippen molar-refractivity contribution >= 4 is 37.8 Å². The van der Waals surface area contributed by atoms with E-state index in [1.54, 1.807) is 0 Å². The number of benzene rings is 2. The second-order valence-corrected chi connectivity index (χ2v) is 13.4. The summed E-state index contributed by atoms with van der Waals surface area (Å²) < 4.78 is 80.9. The minimum Gasteiger partial charge on any atom is -0.461 e. The Balaban J connectivity index is 1.40. The third-order valence-corrected chi connectivity index (χ3v) is 9.57. The van der Waals surface area contributed by atoms with Crippen LogP contribution >= 0.6 is 0 Å². The van der Waals surface area contributed by atoms with Gasteiger partial charge >= 0.3 is 16.3 Å². The zero-order valence-corrected chi connectivity index (χ0v) is 26.1. The van der Waals surface area contributed by atoms with E-state index in [2.05, 4.69) is 31.2 Å². The molecule has 0 spiro atoms. The lowest BCUT2D eigenvalue weighted by Crippen LogP contribution is -2.43. The van der Waals surface area contributed by atoms with Crippen molar-refractivity contribution in [2.24, 2.45) is 5.14 Å². The predicted molar refractivity (Wildman–Crippen MR) is 170 cm³/mol. The average molecular weight is 668 g/mol. The van der Waals surface area contributed by atoms with Gasteiger partial charge in [-0.25, -0.2) is 18.6 Å². The van der Waals surface area contributed by atoms with Crippen LogP contribution in [-0.2, 0) is 10.3 Å². The Labute approximate surface area is 269 Å². The van der Waals surface area contributed by atoms with Gasteiger partial charge in [-0.1, -0.05) is 18.4 Å². The van der Waals surface area contributed by atoms with Gasteiger partial charge in [0.25, 0.3) is 0 Å². The van der Waals surface area contributed by atoms with Gasteiger partial charge in [0.1, 0.15) is 35.6 Å². The number of halogens is 3. The Morgan fingerprint density at radius 1 is 1.15 bits per heavy atom. The van der Waals surface area contributed by atoms with E-state index < -0.39 is 33.6 Å². The SMILES string of the molecule is C#Cc1c(F)ccc2cc(OS(N)(=O)=O)cc(-c3ncc4c(N5CCCCCN5)nc(OC[C@@]56CCCN5C[C@H](F)C6)nc4c3F)c12. The molecule has 15 heteroatoms. The molecule has 47 heavy (non-hydrogen) atoms. The number of nitrogens with zero attached hydrogens (tertiary/aromatic N) is 5. The largest absolute Gasteiger partial charge is 0.461 e. The summed E-state index contributed by atoms with van der Waals surface area (Å²) in [7, 11) is -4.47. The van der Waals surface area contributed by atoms with Crippen LogP contribution in [0, 0.1) is 24.0 Å². The number of hydrogen-bond donors (Lipinski definition) is 2. The van der Waals surface area contributed by atoms with Crippen molar-refractivity contribution in [3.63, 3.8) is 0 Å². The highest BCUT2D eigenvalue weighted by atomic mass is 32.2. The van der Waals surface area contributed by atoms with Gasteiger partial charge in [-0.3, -0.25) is 14.9 Å². The molecular weight excluding hydrogens is 635 g/mol. The summed E-state index contributed by atoms with van der Waals surface area (Å²) in [5, 5.41) is 7.59. The summed E-state index contributed by atoms with van der Waals surface area (Å²) in [6, 6.07) is 4.87. The van der Waals surface area contributed by atoms with Gasteiger partial charge in [0.05, 0.1) is 16.5 Å². The van der Waals surface area contributed by atoms with E-state index in [1.807, 2.05) is 5.01 Å². The Bertz CT molecular complexity index is 2040. The number of fused-ring (bicyclic) bond motifs is 3. The van der Waals surface area contributed by atoms with E-state index in [0.717, 1.165) is 44.7 Å².